The third kappa shape index (κ3) is 3.75. The summed E-state index contributed by atoms with van der Waals surface area (Å²) in [4.78, 5) is 0. The minimum absolute atomic E-state index is 0.0967. The van der Waals surface area contributed by atoms with Crippen molar-refractivity contribution in [2.75, 3.05) is 0 Å². The number of nitrogens with zero attached hydrogens (tertiary/aromatic N) is 1. The molecule has 0 saturated heterocycles. The number of hydrogen-bond donors (Lipinski definition) is 2. The number of hydrogen-bond acceptors (Lipinski definition) is 3. The van der Waals surface area contributed by atoms with Crippen molar-refractivity contribution in [3.05, 3.63) is 65.2 Å². The predicted molar refractivity (Wildman–Crippen MR) is 83.8 cm³/mol. The van der Waals surface area contributed by atoms with E-state index >= 15 is 0 Å². The molecule has 0 fully saturated rings. The molecule has 0 saturated carbocycles. The molecule has 0 bridgehead atoms. The Morgan fingerprint density at radius 1 is 1.19 bits per heavy atom. The molecule has 0 radical (unpaired) electrons. The van der Waals surface area contributed by atoms with E-state index in [0.717, 1.165) is 11.3 Å². The summed E-state index contributed by atoms with van der Waals surface area (Å²) in [5.74, 6) is 1.39. The van der Waals surface area contributed by atoms with E-state index in [4.69, 9.17) is 15.7 Å². The Kier molecular flexibility index (Phi) is 4.82. The molecule has 0 atom stereocenters. The molecular formula is C17H20N2O2. The van der Waals surface area contributed by atoms with E-state index in [1.807, 2.05) is 36.4 Å². The molecule has 2 aromatic carbocycles. The molecule has 0 unspecified atom stereocenters. The van der Waals surface area contributed by atoms with Gasteiger partial charge in [-0.25, -0.2) is 0 Å². The molecule has 0 aliphatic rings. The SMILES string of the molecule is CC(C)c1ccccc1OCc1cccc(/C(N)=N/O)c1. The lowest BCUT2D eigenvalue weighted by molar-refractivity contribution is 0.301. The molecule has 0 heterocycles. The number of benzene rings is 2. The molecule has 4 nitrogen and oxygen atoms in total. The molecule has 2 aromatic rings. The lowest BCUT2D eigenvalue weighted by Crippen LogP contribution is -2.13. The van der Waals surface area contributed by atoms with Gasteiger partial charge in [0.25, 0.3) is 0 Å². The maximum atomic E-state index is 8.72. The zero-order chi connectivity index (χ0) is 15.2. The van der Waals surface area contributed by atoms with E-state index in [1.165, 1.54) is 5.56 Å². The normalized spacial score (nSPS) is 11.7. The maximum Gasteiger partial charge on any atom is 0.170 e. The standard InChI is InChI=1S/C17H20N2O2/c1-12(2)15-8-3-4-9-16(15)21-11-13-6-5-7-14(10-13)17(18)19-20/h3-10,12,20H,11H2,1-2H3,(H2,18,19). The topological polar surface area (TPSA) is 67.8 Å². The monoisotopic (exact) mass is 284 g/mol. The summed E-state index contributed by atoms with van der Waals surface area (Å²) in [5.41, 5.74) is 8.43. The van der Waals surface area contributed by atoms with E-state index in [9.17, 15) is 0 Å². The van der Waals surface area contributed by atoms with Crippen LogP contribution in [0.3, 0.4) is 0 Å². The van der Waals surface area contributed by atoms with Crippen LogP contribution in [0.5, 0.6) is 5.75 Å². The van der Waals surface area contributed by atoms with Gasteiger partial charge in [-0.05, 0) is 29.2 Å². The van der Waals surface area contributed by atoms with Gasteiger partial charge in [0.2, 0.25) is 0 Å². The third-order valence-electron chi connectivity index (χ3n) is 3.27. The maximum absolute atomic E-state index is 8.72. The van der Waals surface area contributed by atoms with Gasteiger partial charge in [0.1, 0.15) is 12.4 Å². The molecule has 21 heavy (non-hydrogen) atoms. The molecule has 0 spiro atoms. The van der Waals surface area contributed by atoms with Crippen LogP contribution in [0.1, 0.15) is 36.5 Å². The van der Waals surface area contributed by atoms with Crippen LogP contribution in [0.15, 0.2) is 53.7 Å². The summed E-state index contributed by atoms with van der Waals surface area (Å²) >= 11 is 0. The fourth-order valence-electron chi connectivity index (χ4n) is 2.13. The van der Waals surface area contributed by atoms with Crippen molar-refractivity contribution in [3.63, 3.8) is 0 Å². The van der Waals surface area contributed by atoms with Gasteiger partial charge in [-0.15, -0.1) is 0 Å². The van der Waals surface area contributed by atoms with Crippen molar-refractivity contribution in [3.8, 4) is 5.75 Å². The minimum Gasteiger partial charge on any atom is -0.489 e. The van der Waals surface area contributed by atoms with Gasteiger partial charge in [-0.2, -0.15) is 0 Å². The van der Waals surface area contributed by atoms with Gasteiger partial charge in [-0.1, -0.05) is 55.4 Å². The number of amidine groups is 1. The van der Waals surface area contributed by atoms with Crippen molar-refractivity contribution in [1.82, 2.24) is 0 Å². The van der Waals surface area contributed by atoms with Crippen LogP contribution >= 0.6 is 0 Å². The van der Waals surface area contributed by atoms with E-state index in [-0.39, 0.29) is 5.84 Å². The van der Waals surface area contributed by atoms with E-state index in [1.54, 1.807) is 6.07 Å². The smallest absolute Gasteiger partial charge is 0.170 e. The highest BCUT2D eigenvalue weighted by atomic mass is 16.5. The van der Waals surface area contributed by atoms with Crippen molar-refractivity contribution in [1.29, 1.82) is 0 Å². The van der Waals surface area contributed by atoms with Crippen molar-refractivity contribution >= 4 is 5.84 Å². The van der Waals surface area contributed by atoms with Gasteiger partial charge in [0.15, 0.2) is 5.84 Å². The van der Waals surface area contributed by atoms with E-state index < -0.39 is 0 Å². The Hall–Kier alpha value is -2.49. The number of rotatable bonds is 5. The molecule has 3 N–H and O–H groups in total. The summed E-state index contributed by atoms with van der Waals surface area (Å²) < 4.78 is 5.91. The second-order valence-electron chi connectivity index (χ2n) is 5.17. The summed E-state index contributed by atoms with van der Waals surface area (Å²) in [5, 5.41) is 11.7. The average molecular weight is 284 g/mol. The largest absolute Gasteiger partial charge is 0.489 e. The van der Waals surface area contributed by atoms with Crippen molar-refractivity contribution < 1.29 is 9.94 Å². The Morgan fingerprint density at radius 3 is 2.67 bits per heavy atom. The van der Waals surface area contributed by atoms with Crippen molar-refractivity contribution in [2.24, 2.45) is 10.9 Å². The van der Waals surface area contributed by atoms with E-state index in [2.05, 4.69) is 25.1 Å². The number of nitrogens with two attached hydrogens (primary N) is 1. The highest BCUT2D eigenvalue weighted by molar-refractivity contribution is 5.97. The summed E-state index contributed by atoms with van der Waals surface area (Å²) in [6.07, 6.45) is 0. The van der Waals surface area contributed by atoms with Crippen LogP contribution in [0.25, 0.3) is 0 Å². The van der Waals surface area contributed by atoms with Crippen molar-refractivity contribution in [2.45, 2.75) is 26.4 Å². The third-order valence-corrected chi connectivity index (χ3v) is 3.27. The molecule has 2 rings (SSSR count). The minimum atomic E-state index is 0.0967. The van der Waals surface area contributed by atoms with Crippen LogP contribution in [0, 0.1) is 0 Å². The predicted octanol–water partition coefficient (Wildman–Crippen LogP) is 3.48. The van der Waals surface area contributed by atoms with Gasteiger partial charge in [0, 0.05) is 5.56 Å². The van der Waals surface area contributed by atoms with Gasteiger partial charge in [-0.3, -0.25) is 0 Å². The van der Waals surface area contributed by atoms with Gasteiger partial charge in [0.05, 0.1) is 0 Å². The second-order valence-corrected chi connectivity index (χ2v) is 5.17. The van der Waals surface area contributed by atoms with Crippen LogP contribution in [0.2, 0.25) is 0 Å². The molecule has 0 amide bonds. The van der Waals surface area contributed by atoms with Gasteiger partial charge < -0.3 is 15.7 Å². The second kappa shape index (κ2) is 6.79. The summed E-state index contributed by atoms with van der Waals surface area (Å²) in [6.45, 7) is 4.72. The number of ether oxygens (including phenoxy) is 1. The average Bonchev–Trinajstić information content (AvgIpc) is 2.52. The zero-order valence-electron chi connectivity index (χ0n) is 12.3. The molecule has 0 aliphatic carbocycles. The molecule has 110 valence electrons. The van der Waals surface area contributed by atoms with Gasteiger partial charge >= 0.3 is 0 Å². The first-order valence-corrected chi connectivity index (χ1v) is 6.90. The lowest BCUT2D eigenvalue weighted by atomic mass is 10.0. The molecule has 0 aliphatic heterocycles. The lowest BCUT2D eigenvalue weighted by Gasteiger charge is -2.14. The summed E-state index contributed by atoms with van der Waals surface area (Å²) in [6, 6.07) is 15.5. The summed E-state index contributed by atoms with van der Waals surface area (Å²) in [7, 11) is 0. The van der Waals surface area contributed by atoms with Crippen LogP contribution in [0.4, 0.5) is 0 Å². The highest BCUT2D eigenvalue weighted by Gasteiger charge is 2.07. The Labute approximate surface area is 124 Å². The van der Waals surface area contributed by atoms with E-state index in [0.29, 0.717) is 18.1 Å². The molecule has 4 heteroatoms. The molecule has 0 aromatic heterocycles. The quantitative estimate of drug-likeness (QED) is 0.382. The van der Waals surface area contributed by atoms with Crippen LogP contribution in [-0.2, 0) is 6.61 Å². The number of oxime groups is 1. The zero-order valence-corrected chi connectivity index (χ0v) is 12.3. The Bertz CT molecular complexity index is 636. The first kappa shape index (κ1) is 14.9. The van der Waals surface area contributed by atoms with Crippen LogP contribution < -0.4 is 10.5 Å². The van der Waals surface area contributed by atoms with Crippen LogP contribution in [-0.4, -0.2) is 11.0 Å². The highest BCUT2D eigenvalue weighted by Crippen LogP contribution is 2.26. The number of para-hydroxylation sites is 1. The fourth-order valence-corrected chi connectivity index (χ4v) is 2.13. The molecular weight excluding hydrogens is 264 g/mol. The Morgan fingerprint density at radius 2 is 1.95 bits per heavy atom. The first-order valence-electron chi connectivity index (χ1n) is 6.90. The fraction of sp³-hybridized carbons (Fsp3) is 0.235. The first-order chi connectivity index (χ1) is 10.1. The Balaban J connectivity index is 2.14.